The highest BCUT2D eigenvalue weighted by Gasteiger charge is 2.07. The first-order chi connectivity index (χ1) is 15.6. The van der Waals surface area contributed by atoms with Crippen molar-refractivity contribution in [2.45, 2.75) is 19.3 Å². The first kappa shape index (κ1) is 21.7. The summed E-state index contributed by atoms with van der Waals surface area (Å²) in [6, 6.07) is 25.7. The number of anilines is 1. The van der Waals surface area contributed by atoms with Crippen molar-refractivity contribution >= 4 is 61.2 Å². The minimum Gasteiger partial charge on any atom is -0.326 e. The molecule has 0 aromatic heterocycles. The molecule has 4 aromatic carbocycles. The third-order valence-electron chi connectivity index (χ3n) is 5.13. The fourth-order valence-electron chi connectivity index (χ4n) is 3.58. The van der Waals surface area contributed by atoms with Gasteiger partial charge in [0.05, 0.1) is 6.21 Å². The maximum absolute atomic E-state index is 12.2. The number of hydrogen-bond acceptors (Lipinski definition) is 3. The fourth-order valence-corrected chi connectivity index (χ4v) is 3.84. The number of nitrogens with one attached hydrogen (secondary N) is 2. The van der Waals surface area contributed by atoms with Crippen LogP contribution in [0.4, 0.5) is 5.69 Å². The largest absolute Gasteiger partial charge is 0.326 e. The first-order valence-electron chi connectivity index (χ1n) is 10.4. The molecule has 2 N–H and O–H groups in total. The number of amides is 2. The second-order valence-electron chi connectivity index (χ2n) is 7.43. The highest BCUT2D eigenvalue weighted by atomic mass is 79.9. The lowest BCUT2D eigenvalue weighted by Crippen LogP contribution is -2.18. The van der Waals surface area contributed by atoms with Crippen molar-refractivity contribution in [2.75, 3.05) is 5.32 Å². The molecule has 0 saturated heterocycles. The van der Waals surface area contributed by atoms with E-state index in [2.05, 4.69) is 62.1 Å². The predicted octanol–water partition coefficient (Wildman–Crippen LogP) is 6.01. The molecule has 0 unspecified atom stereocenters. The van der Waals surface area contributed by atoms with E-state index in [1.807, 2.05) is 48.5 Å². The van der Waals surface area contributed by atoms with Gasteiger partial charge in [-0.15, -0.1) is 0 Å². The average Bonchev–Trinajstić information content (AvgIpc) is 2.80. The second-order valence-corrected chi connectivity index (χ2v) is 8.35. The number of nitrogens with zero attached hydrogens (tertiary/aromatic N) is 1. The van der Waals surface area contributed by atoms with Gasteiger partial charge in [-0.1, -0.05) is 64.5 Å². The topological polar surface area (TPSA) is 70.6 Å². The number of halogens is 1. The van der Waals surface area contributed by atoms with Crippen molar-refractivity contribution in [3.8, 4) is 0 Å². The molecule has 2 amide bonds. The van der Waals surface area contributed by atoms with Gasteiger partial charge in [0.15, 0.2) is 0 Å². The highest BCUT2D eigenvalue weighted by molar-refractivity contribution is 9.10. The summed E-state index contributed by atoms with van der Waals surface area (Å²) >= 11 is 3.36. The third-order valence-corrected chi connectivity index (χ3v) is 5.66. The average molecular weight is 488 g/mol. The molecule has 0 fully saturated rings. The van der Waals surface area contributed by atoms with Crippen LogP contribution < -0.4 is 10.7 Å². The van der Waals surface area contributed by atoms with Crippen LogP contribution in [-0.2, 0) is 9.59 Å². The minimum atomic E-state index is -0.220. The van der Waals surface area contributed by atoms with Gasteiger partial charge in [0.1, 0.15) is 0 Å². The molecule has 0 spiro atoms. The second kappa shape index (κ2) is 10.2. The SMILES string of the molecule is O=C(CCCC(=O)Nc1ccc(Br)cc1)N/N=C\c1c2ccccc2cc2ccccc12. The molecule has 0 aliphatic heterocycles. The van der Waals surface area contributed by atoms with E-state index in [1.165, 1.54) is 0 Å². The van der Waals surface area contributed by atoms with Gasteiger partial charge in [-0.2, -0.15) is 5.10 Å². The first-order valence-corrected chi connectivity index (χ1v) is 11.2. The number of hydrogen-bond donors (Lipinski definition) is 2. The molecule has 6 heteroatoms. The van der Waals surface area contributed by atoms with Gasteiger partial charge in [0, 0.05) is 28.6 Å². The zero-order chi connectivity index (χ0) is 22.3. The highest BCUT2D eigenvalue weighted by Crippen LogP contribution is 2.27. The van der Waals surface area contributed by atoms with Gasteiger partial charge in [-0.3, -0.25) is 9.59 Å². The minimum absolute atomic E-state index is 0.120. The third kappa shape index (κ3) is 5.39. The van der Waals surface area contributed by atoms with Gasteiger partial charge >= 0.3 is 0 Å². The van der Waals surface area contributed by atoms with E-state index in [0.717, 1.165) is 37.3 Å². The summed E-state index contributed by atoms with van der Waals surface area (Å²) in [5.41, 5.74) is 4.28. The van der Waals surface area contributed by atoms with Crippen LogP contribution in [0.1, 0.15) is 24.8 Å². The summed E-state index contributed by atoms with van der Waals surface area (Å²) < 4.78 is 0.948. The Balaban J connectivity index is 1.34. The molecule has 5 nitrogen and oxygen atoms in total. The van der Waals surface area contributed by atoms with Crippen LogP contribution in [0.2, 0.25) is 0 Å². The van der Waals surface area contributed by atoms with Crippen molar-refractivity contribution in [3.05, 3.63) is 88.9 Å². The standard InChI is InChI=1S/C26H22BrN3O2/c27-20-12-14-21(15-13-20)29-25(31)10-5-11-26(32)30-28-17-24-22-8-3-1-6-18(22)16-19-7-2-4-9-23(19)24/h1-4,6-9,12-17H,5,10-11H2,(H,29,31)(H,30,32)/b28-17-. The molecule has 0 atom stereocenters. The number of rotatable bonds is 7. The molecule has 0 saturated carbocycles. The lowest BCUT2D eigenvalue weighted by Gasteiger charge is -2.08. The lowest BCUT2D eigenvalue weighted by atomic mass is 9.97. The van der Waals surface area contributed by atoms with Crippen LogP contribution in [-0.4, -0.2) is 18.0 Å². The van der Waals surface area contributed by atoms with Crippen molar-refractivity contribution in [2.24, 2.45) is 5.10 Å². The van der Waals surface area contributed by atoms with Crippen LogP contribution in [0.15, 0.2) is 88.4 Å². The Labute approximate surface area is 194 Å². The Morgan fingerprint density at radius 1 is 0.812 bits per heavy atom. The van der Waals surface area contributed by atoms with Gasteiger partial charge in [0.2, 0.25) is 11.8 Å². The zero-order valence-corrected chi connectivity index (χ0v) is 18.9. The monoisotopic (exact) mass is 487 g/mol. The van der Waals surface area contributed by atoms with E-state index >= 15 is 0 Å². The number of benzene rings is 4. The summed E-state index contributed by atoms with van der Waals surface area (Å²) in [4.78, 5) is 24.2. The molecule has 4 aromatic rings. The molecule has 0 aliphatic carbocycles. The molecule has 0 bridgehead atoms. The van der Waals surface area contributed by atoms with Gasteiger partial charge in [-0.05, 0) is 58.3 Å². The molecule has 160 valence electrons. The van der Waals surface area contributed by atoms with E-state index < -0.39 is 0 Å². The Hall–Kier alpha value is -3.51. The fraction of sp³-hybridized carbons (Fsp3) is 0.115. The summed E-state index contributed by atoms with van der Waals surface area (Å²) in [5.74, 6) is -0.340. The molecule has 0 radical (unpaired) electrons. The molecule has 0 heterocycles. The predicted molar refractivity (Wildman–Crippen MR) is 134 cm³/mol. The van der Waals surface area contributed by atoms with Gasteiger partial charge in [-0.25, -0.2) is 5.43 Å². The quantitative estimate of drug-likeness (QED) is 0.190. The van der Waals surface area contributed by atoms with Gasteiger partial charge < -0.3 is 5.32 Å². The zero-order valence-electron chi connectivity index (χ0n) is 17.3. The summed E-state index contributed by atoms with van der Waals surface area (Å²) in [7, 11) is 0. The van der Waals surface area contributed by atoms with Gasteiger partial charge in [0.25, 0.3) is 0 Å². The van der Waals surface area contributed by atoms with E-state index in [0.29, 0.717) is 6.42 Å². The lowest BCUT2D eigenvalue weighted by molar-refractivity contribution is -0.121. The Bertz CT molecular complexity index is 1250. The molecule has 4 rings (SSSR count). The van der Waals surface area contributed by atoms with E-state index in [1.54, 1.807) is 6.21 Å². The number of carbonyl (C=O) groups is 2. The summed E-state index contributed by atoms with van der Waals surface area (Å²) in [6.07, 6.45) is 2.63. The van der Waals surface area contributed by atoms with Crippen molar-refractivity contribution in [1.82, 2.24) is 5.43 Å². The van der Waals surface area contributed by atoms with E-state index in [-0.39, 0.29) is 24.7 Å². The number of hydrazone groups is 1. The van der Waals surface area contributed by atoms with E-state index in [9.17, 15) is 9.59 Å². The normalized spacial score (nSPS) is 11.2. The number of fused-ring (bicyclic) bond motifs is 2. The van der Waals surface area contributed by atoms with Crippen LogP contribution in [0.3, 0.4) is 0 Å². The van der Waals surface area contributed by atoms with Crippen molar-refractivity contribution in [1.29, 1.82) is 0 Å². The van der Waals surface area contributed by atoms with Crippen molar-refractivity contribution in [3.63, 3.8) is 0 Å². The van der Waals surface area contributed by atoms with Crippen LogP contribution >= 0.6 is 15.9 Å². The molecular formula is C26H22BrN3O2. The summed E-state index contributed by atoms with van der Waals surface area (Å²) in [5, 5.41) is 11.4. The maximum atomic E-state index is 12.2. The Morgan fingerprint density at radius 2 is 1.41 bits per heavy atom. The molecular weight excluding hydrogens is 466 g/mol. The van der Waals surface area contributed by atoms with Crippen molar-refractivity contribution < 1.29 is 9.59 Å². The number of carbonyl (C=O) groups excluding carboxylic acids is 2. The Kier molecular flexibility index (Phi) is 6.92. The van der Waals surface area contributed by atoms with Crippen LogP contribution in [0.5, 0.6) is 0 Å². The van der Waals surface area contributed by atoms with Crippen LogP contribution in [0, 0.1) is 0 Å². The molecule has 32 heavy (non-hydrogen) atoms. The maximum Gasteiger partial charge on any atom is 0.240 e. The summed E-state index contributed by atoms with van der Waals surface area (Å²) in [6.45, 7) is 0. The molecule has 0 aliphatic rings. The Morgan fingerprint density at radius 3 is 2.06 bits per heavy atom. The van der Waals surface area contributed by atoms with E-state index in [4.69, 9.17) is 0 Å². The smallest absolute Gasteiger partial charge is 0.240 e. The van der Waals surface area contributed by atoms with Crippen LogP contribution in [0.25, 0.3) is 21.5 Å².